The number of nitrogens with one attached hydrogen (secondary N) is 1. The van der Waals surface area contributed by atoms with Gasteiger partial charge in [0.1, 0.15) is 18.9 Å². The number of fused-ring (bicyclic) bond motifs is 1. The predicted octanol–water partition coefficient (Wildman–Crippen LogP) is 1.34. The van der Waals surface area contributed by atoms with E-state index in [0.717, 1.165) is 28.3 Å². The molecule has 0 aliphatic carbocycles. The van der Waals surface area contributed by atoms with Gasteiger partial charge in [0.05, 0.1) is 11.8 Å². The molecule has 0 unspecified atom stereocenters. The fourth-order valence-corrected chi connectivity index (χ4v) is 2.83. The van der Waals surface area contributed by atoms with Gasteiger partial charge in [-0.05, 0) is 18.2 Å². The summed E-state index contributed by atoms with van der Waals surface area (Å²) < 4.78 is 13.2. The summed E-state index contributed by atoms with van der Waals surface area (Å²) in [7, 11) is 0. The van der Waals surface area contributed by atoms with Crippen molar-refractivity contribution in [3.05, 3.63) is 60.3 Å². The highest BCUT2D eigenvalue weighted by molar-refractivity contribution is 5.89. The van der Waals surface area contributed by atoms with E-state index in [-0.39, 0.29) is 5.96 Å². The lowest BCUT2D eigenvalue weighted by Gasteiger charge is -2.18. The van der Waals surface area contributed by atoms with Crippen LogP contribution in [0.2, 0.25) is 0 Å². The van der Waals surface area contributed by atoms with Crippen molar-refractivity contribution in [1.29, 1.82) is 0 Å². The number of rotatable bonds is 4. The Hall–Kier alpha value is -3.81. The second-order valence-electron chi connectivity index (χ2n) is 5.90. The number of aromatic nitrogens is 2. The highest BCUT2D eigenvalue weighted by atomic mass is 16.6. The Balaban J connectivity index is 1.79. The van der Waals surface area contributed by atoms with E-state index in [2.05, 4.69) is 15.3 Å². The van der Waals surface area contributed by atoms with Crippen LogP contribution >= 0.6 is 0 Å². The van der Waals surface area contributed by atoms with Gasteiger partial charge in [-0.3, -0.25) is 0 Å². The van der Waals surface area contributed by atoms with Crippen LogP contribution < -0.4 is 25.6 Å². The summed E-state index contributed by atoms with van der Waals surface area (Å²) in [5.41, 5.74) is 14.3. The molecule has 1 aliphatic heterocycles. The van der Waals surface area contributed by atoms with Crippen molar-refractivity contribution in [3.63, 3.8) is 0 Å². The van der Waals surface area contributed by atoms with Crippen LogP contribution in [0.25, 0.3) is 16.9 Å². The maximum Gasteiger partial charge on any atom is 0.235 e. The standard InChI is InChI=1S/C19H18N6O2/c20-19(21)23-22-11-14-12-25(15-4-2-1-3-5-15)24-18(14)13-6-7-16-17(10-13)27-9-8-26-16/h1-7,10-12H,8-9H2,(H4,20,21,23)/p+1/b22-11+. The number of para-hydroxylation sites is 1. The summed E-state index contributed by atoms with van der Waals surface area (Å²) in [6.07, 6.45) is 3.52. The minimum atomic E-state index is -0.0985. The van der Waals surface area contributed by atoms with Crippen LogP contribution in [0.4, 0.5) is 0 Å². The van der Waals surface area contributed by atoms with Crippen molar-refractivity contribution >= 4 is 12.2 Å². The molecule has 0 amide bonds. The molecule has 0 spiro atoms. The minimum absolute atomic E-state index is 0.0985. The smallest absolute Gasteiger partial charge is 0.235 e. The monoisotopic (exact) mass is 363 g/mol. The summed E-state index contributed by atoms with van der Waals surface area (Å²) in [6.45, 7) is 1.09. The van der Waals surface area contributed by atoms with Crippen molar-refractivity contribution in [2.24, 2.45) is 21.7 Å². The number of nitrogens with two attached hydrogens (primary N) is 2. The largest absolute Gasteiger partial charge is 0.486 e. The molecular weight excluding hydrogens is 344 g/mol. The molecule has 0 saturated carbocycles. The summed E-state index contributed by atoms with van der Waals surface area (Å²) in [5.74, 6) is 1.36. The first-order valence-corrected chi connectivity index (χ1v) is 8.43. The first-order valence-electron chi connectivity index (χ1n) is 8.43. The number of hydrogen-bond acceptors (Lipinski definition) is 4. The number of ether oxygens (including phenoxy) is 2. The third kappa shape index (κ3) is 3.59. The second kappa shape index (κ2) is 7.20. The van der Waals surface area contributed by atoms with E-state index >= 15 is 0 Å². The van der Waals surface area contributed by atoms with E-state index < -0.39 is 0 Å². The molecule has 136 valence electrons. The fourth-order valence-electron chi connectivity index (χ4n) is 2.83. The molecule has 0 radical (unpaired) electrons. The van der Waals surface area contributed by atoms with Crippen LogP contribution in [0.15, 0.2) is 64.9 Å². The van der Waals surface area contributed by atoms with E-state index in [1.165, 1.54) is 0 Å². The van der Waals surface area contributed by atoms with E-state index in [0.29, 0.717) is 19.0 Å². The third-order valence-corrected chi connectivity index (χ3v) is 4.02. The Morgan fingerprint density at radius 2 is 1.81 bits per heavy atom. The topological polar surface area (TPSA) is 115 Å². The molecule has 0 saturated heterocycles. The Morgan fingerprint density at radius 3 is 2.59 bits per heavy atom. The molecular formula is C19H19N6O2+. The van der Waals surface area contributed by atoms with Crippen molar-refractivity contribution in [2.45, 2.75) is 0 Å². The van der Waals surface area contributed by atoms with Crippen LogP contribution in [0.1, 0.15) is 5.56 Å². The predicted molar refractivity (Wildman–Crippen MR) is 102 cm³/mol. The molecule has 0 bridgehead atoms. The average molecular weight is 363 g/mol. The summed E-state index contributed by atoms with van der Waals surface area (Å²) >= 11 is 0. The Bertz CT molecular complexity index is 1010. The zero-order chi connectivity index (χ0) is 18.6. The molecule has 1 aliphatic rings. The van der Waals surface area contributed by atoms with Crippen molar-refractivity contribution in [3.8, 4) is 28.4 Å². The number of aromatic amines is 1. The van der Waals surface area contributed by atoms with Gasteiger partial charge >= 0.3 is 0 Å². The van der Waals surface area contributed by atoms with Crippen molar-refractivity contribution in [2.75, 3.05) is 13.2 Å². The number of hydrogen-bond donors (Lipinski definition) is 3. The van der Waals surface area contributed by atoms with Gasteiger partial charge in [0.25, 0.3) is 0 Å². The Labute approximate surface area is 155 Å². The molecule has 8 nitrogen and oxygen atoms in total. The summed E-state index contributed by atoms with van der Waals surface area (Å²) in [6, 6.07) is 15.7. The minimum Gasteiger partial charge on any atom is -0.486 e. The quantitative estimate of drug-likeness (QED) is 0.281. The first-order chi connectivity index (χ1) is 13.2. The van der Waals surface area contributed by atoms with Gasteiger partial charge in [-0.25, -0.2) is 0 Å². The maximum absolute atomic E-state index is 5.70. The van der Waals surface area contributed by atoms with E-state index in [1.54, 1.807) is 6.21 Å². The van der Waals surface area contributed by atoms with Crippen molar-refractivity contribution < 1.29 is 14.2 Å². The van der Waals surface area contributed by atoms with Crippen LogP contribution in [-0.4, -0.2) is 30.5 Å². The molecule has 4 rings (SSSR count). The highest BCUT2D eigenvalue weighted by Gasteiger charge is 2.19. The molecule has 0 fully saturated rings. The van der Waals surface area contributed by atoms with Crippen LogP contribution in [-0.2, 0) is 0 Å². The van der Waals surface area contributed by atoms with Gasteiger partial charge in [0, 0.05) is 17.7 Å². The van der Waals surface area contributed by atoms with Crippen LogP contribution in [0, 0.1) is 0 Å². The molecule has 1 aromatic heterocycles. The lowest BCUT2D eigenvalue weighted by molar-refractivity contribution is -0.654. The SMILES string of the molecule is NC(N)=N/N=C/c1c[n+](-c2ccccc2)[nH]c1-c1ccc2c(c1)OCCO2. The van der Waals surface area contributed by atoms with E-state index in [1.807, 2.05) is 59.4 Å². The molecule has 0 atom stereocenters. The van der Waals surface area contributed by atoms with E-state index in [4.69, 9.17) is 20.9 Å². The first kappa shape index (κ1) is 16.6. The molecule has 8 heteroatoms. The third-order valence-electron chi connectivity index (χ3n) is 4.02. The fraction of sp³-hybridized carbons (Fsp3) is 0.105. The lowest BCUT2D eigenvalue weighted by Crippen LogP contribution is -2.31. The maximum atomic E-state index is 5.70. The molecule has 3 aromatic rings. The van der Waals surface area contributed by atoms with Gasteiger partial charge < -0.3 is 20.9 Å². The van der Waals surface area contributed by atoms with E-state index in [9.17, 15) is 0 Å². The van der Waals surface area contributed by atoms with Gasteiger partial charge in [-0.2, -0.15) is 10.2 Å². The normalized spacial score (nSPS) is 12.9. The number of guanidine groups is 1. The number of benzene rings is 2. The van der Waals surface area contributed by atoms with Gasteiger partial charge in [0.15, 0.2) is 11.5 Å². The Kier molecular flexibility index (Phi) is 4.44. The molecule has 2 heterocycles. The van der Waals surface area contributed by atoms with Crippen LogP contribution in [0.3, 0.4) is 0 Å². The Morgan fingerprint density at radius 1 is 1.04 bits per heavy atom. The van der Waals surface area contributed by atoms with Gasteiger partial charge in [-0.1, -0.05) is 22.9 Å². The average Bonchev–Trinajstić information content (AvgIpc) is 3.12. The molecule has 2 aromatic carbocycles. The molecule has 27 heavy (non-hydrogen) atoms. The van der Waals surface area contributed by atoms with Crippen molar-refractivity contribution in [1.82, 2.24) is 5.10 Å². The lowest BCUT2D eigenvalue weighted by atomic mass is 10.1. The zero-order valence-electron chi connectivity index (χ0n) is 14.5. The zero-order valence-corrected chi connectivity index (χ0v) is 14.5. The van der Waals surface area contributed by atoms with Gasteiger partial charge in [0.2, 0.25) is 17.8 Å². The van der Waals surface area contributed by atoms with Crippen LogP contribution in [0.5, 0.6) is 11.5 Å². The summed E-state index contributed by atoms with van der Waals surface area (Å²) in [4.78, 5) is 0. The molecule has 5 N–H and O–H groups in total. The summed E-state index contributed by atoms with van der Waals surface area (Å²) in [5, 5.41) is 11.0. The second-order valence-corrected chi connectivity index (χ2v) is 5.90. The number of H-pyrrole nitrogens is 1. The number of nitrogens with zero attached hydrogens (tertiary/aromatic N) is 3. The van der Waals surface area contributed by atoms with Gasteiger partial charge in [-0.15, -0.1) is 5.10 Å². The highest BCUT2D eigenvalue weighted by Crippen LogP contribution is 2.34.